The van der Waals surface area contributed by atoms with E-state index in [2.05, 4.69) is 26.6 Å². The van der Waals surface area contributed by atoms with Crippen molar-refractivity contribution in [2.75, 3.05) is 16.4 Å². The van der Waals surface area contributed by atoms with Gasteiger partial charge in [-0.2, -0.15) is 0 Å². The maximum atomic E-state index is 11.8. The third kappa shape index (κ3) is 3.72. The lowest BCUT2D eigenvalue weighted by atomic mass is 10.2. The maximum absolute atomic E-state index is 11.8. The molecular weight excluding hydrogens is 306 g/mol. The molecular formula is C14H14BrN3O. The van der Waals surface area contributed by atoms with Gasteiger partial charge in [0.1, 0.15) is 0 Å². The SMILES string of the molecule is Cc1ccc(NC(=O)Nc2ccc(Br)c(N)c2)cc1. The molecule has 0 fully saturated rings. The van der Waals surface area contributed by atoms with Crippen LogP contribution < -0.4 is 16.4 Å². The summed E-state index contributed by atoms with van der Waals surface area (Å²) in [5, 5.41) is 5.47. The van der Waals surface area contributed by atoms with Crippen LogP contribution in [0.15, 0.2) is 46.9 Å². The zero-order chi connectivity index (χ0) is 13.8. The number of nitrogen functional groups attached to an aromatic ring is 1. The molecule has 98 valence electrons. The number of benzene rings is 2. The molecule has 5 heteroatoms. The number of anilines is 3. The van der Waals surface area contributed by atoms with E-state index < -0.39 is 0 Å². The second-order valence-corrected chi connectivity index (χ2v) is 5.04. The Hall–Kier alpha value is -2.01. The highest BCUT2D eigenvalue weighted by Crippen LogP contribution is 2.23. The predicted molar refractivity (Wildman–Crippen MR) is 82.4 cm³/mol. The van der Waals surface area contributed by atoms with Crippen LogP contribution in [0.3, 0.4) is 0 Å². The van der Waals surface area contributed by atoms with Gasteiger partial charge in [-0.25, -0.2) is 4.79 Å². The van der Waals surface area contributed by atoms with E-state index in [4.69, 9.17) is 5.73 Å². The number of hydrogen-bond acceptors (Lipinski definition) is 2. The average Bonchev–Trinajstić information content (AvgIpc) is 2.37. The van der Waals surface area contributed by atoms with Crippen LogP contribution in [0.4, 0.5) is 21.9 Å². The van der Waals surface area contributed by atoms with E-state index in [1.807, 2.05) is 31.2 Å². The number of amides is 2. The molecule has 2 aromatic rings. The first-order valence-corrected chi connectivity index (χ1v) is 6.53. The summed E-state index contributed by atoms with van der Waals surface area (Å²) in [5.74, 6) is 0. The largest absolute Gasteiger partial charge is 0.398 e. The molecule has 0 aliphatic heterocycles. The van der Waals surface area contributed by atoms with Crippen molar-refractivity contribution in [3.63, 3.8) is 0 Å². The van der Waals surface area contributed by atoms with Gasteiger partial charge in [0.15, 0.2) is 0 Å². The molecule has 0 saturated heterocycles. The molecule has 2 aromatic carbocycles. The summed E-state index contributed by atoms with van der Waals surface area (Å²) in [6, 6.07) is 12.5. The van der Waals surface area contributed by atoms with Gasteiger partial charge in [0, 0.05) is 21.5 Å². The molecule has 2 amide bonds. The summed E-state index contributed by atoms with van der Waals surface area (Å²) in [4.78, 5) is 11.8. The van der Waals surface area contributed by atoms with Crippen LogP contribution >= 0.6 is 15.9 Å². The van der Waals surface area contributed by atoms with E-state index in [1.165, 1.54) is 0 Å². The highest BCUT2D eigenvalue weighted by atomic mass is 79.9. The Morgan fingerprint density at radius 2 is 1.63 bits per heavy atom. The Labute approximate surface area is 120 Å². The number of aryl methyl sites for hydroxylation is 1. The first kappa shape index (κ1) is 13.4. The fourth-order valence-electron chi connectivity index (χ4n) is 1.55. The summed E-state index contributed by atoms with van der Waals surface area (Å²) in [7, 11) is 0. The zero-order valence-electron chi connectivity index (χ0n) is 10.4. The van der Waals surface area contributed by atoms with Crippen molar-refractivity contribution in [2.45, 2.75) is 6.92 Å². The van der Waals surface area contributed by atoms with E-state index in [0.717, 1.165) is 15.7 Å². The number of urea groups is 1. The minimum absolute atomic E-state index is 0.300. The molecule has 0 aliphatic rings. The number of carbonyl (C=O) groups excluding carboxylic acids is 1. The molecule has 0 radical (unpaired) electrons. The summed E-state index contributed by atoms with van der Waals surface area (Å²) in [5.41, 5.74) is 8.86. The molecule has 0 spiro atoms. The summed E-state index contributed by atoms with van der Waals surface area (Å²) >= 11 is 3.30. The maximum Gasteiger partial charge on any atom is 0.323 e. The average molecular weight is 320 g/mol. The second kappa shape index (κ2) is 5.75. The lowest BCUT2D eigenvalue weighted by molar-refractivity contribution is 0.262. The van der Waals surface area contributed by atoms with Crippen LogP contribution in [0, 0.1) is 6.92 Å². The lowest BCUT2D eigenvalue weighted by Gasteiger charge is -2.09. The number of rotatable bonds is 2. The highest BCUT2D eigenvalue weighted by Gasteiger charge is 2.04. The van der Waals surface area contributed by atoms with Crippen LogP contribution in [0.2, 0.25) is 0 Å². The van der Waals surface area contributed by atoms with Gasteiger partial charge >= 0.3 is 6.03 Å². The van der Waals surface area contributed by atoms with Crippen LogP contribution in [0.5, 0.6) is 0 Å². The smallest absolute Gasteiger partial charge is 0.323 e. The van der Waals surface area contributed by atoms with Gasteiger partial charge in [-0.1, -0.05) is 17.7 Å². The van der Waals surface area contributed by atoms with Crippen LogP contribution in [-0.2, 0) is 0 Å². The van der Waals surface area contributed by atoms with Crippen molar-refractivity contribution in [2.24, 2.45) is 0 Å². The first-order valence-electron chi connectivity index (χ1n) is 5.74. The van der Waals surface area contributed by atoms with Crippen molar-refractivity contribution in [3.8, 4) is 0 Å². The highest BCUT2D eigenvalue weighted by molar-refractivity contribution is 9.10. The Balaban J connectivity index is 2.01. The van der Waals surface area contributed by atoms with Crippen molar-refractivity contribution in [3.05, 3.63) is 52.5 Å². The van der Waals surface area contributed by atoms with Crippen LogP contribution in [-0.4, -0.2) is 6.03 Å². The summed E-state index contributed by atoms with van der Waals surface area (Å²) < 4.78 is 0.803. The number of carbonyl (C=O) groups is 1. The molecule has 2 rings (SSSR count). The number of nitrogens with one attached hydrogen (secondary N) is 2. The van der Waals surface area contributed by atoms with Crippen LogP contribution in [0.25, 0.3) is 0 Å². The van der Waals surface area contributed by atoms with E-state index in [0.29, 0.717) is 11.4 Å². The van der Waals surface area contributed by atoms with Crippen LogP contribution in [0.1, 0.15) is 5.56 Å². The molecule has 0 aromatic heterocycles. The Morgan fingerprint density at radius 1 is 1.05 bits per heavy atom. The third-order valence-corrected chi connectivity index (χ3v) is 3.29. The molecule has 0 heterocycles. The molecule has 4 nitrogen and oxygen atoms in total. The molecule has 4 N–H and O–H groups in total. The normalized spacial score (nSPS) is 10.0. The van der Waals surface area contributed by atoms with Gasteiger partial charge < -0.3 is 16.4 Å². The number of halogens is 1. The van der Waals surface area contributed by atoms with Gasteiger partial charge in [0.2, 0.25) is 0 Å². The molecule has 0 aliphatic carbocycles. The topological polar surface area (TPSA) is 67.2 Å². The Morgan fingerprint density at radius 3 is 2.26 bits per heavy atom. The van der Waals surface area contributed by atoms with E-state index in [-0.39, 0.29) is 6.03 Å². The molecule has 0 atom stereocenters. The van der Waals surface area contributed by atoms with Crippen molar-refractivity contribution < 1.29 is 4.79 Å². The predicted octanol–water partition coefficient (Wildman–Crippen LogP) is 3.98. The fourth-order valence-corrected chi connectivity index (χ4v) is 1.80. The zero-order valence-corrected chi connectivity index (χ0v) is 12.0. The standard InChI is InChI=1S/C14H14BrN3O/c1-9-2-4-10(5-3-9)17-14(19)18-11-6-7-12(15)13(16)8-11/h2-8H,16H2,1H3,(H2,17,18,19). The molecule has 19 heavy (non-hydrogen) atoms. The number of nitrogens with two attached hydrogens (primary N) is 1. The molecule has 0 saturated carbocycles. The summed E-state index contributed by atoms with van der Waals surface area (Å²) in [6.45, 7) is 1.99. The number of hydrogen-bond donors (Lipinski definition) is 3. The lowest BCUT2D eigenvalue weighted by Crippen LogP contribution is -2.19. The third-order valence-electron chi connectivity index (χ3n) is 2.56. The van der Waals surface area contributed by atoms with Gasteiger partial charge in [-0.05, 0) is 53.2 Å². The first-order chi connectivity index (χ1) is 9.04. The monoisotopic (exact) mass is 319 g/mol. The minimum atomic E-state index is -0.300. The van der Waals surface area contributed by atoms with Gasteiger partial charge in [0.05, 0.1) is 0 Å². The second-order valence-electron chi connectivity index (χ2n) is 4.18. The van der Waals surface area contributed by atoms with E-state index in [1.54, 1.807) is 18.2 Å². The molecule has 0 unspecified atom stereocenters. The van der Waals surface area contributed by atoms with Crippen molar-refractivity contribution in [1.29, 1.82) is 0 Å². The minimum Gasteiger partial charge on any atom is -0.398 e. The Bertz CT molecular complexity index is 596. The van der Waals surface area contributed by atoms with Gasteiger partial charge in [0.25, 0.3) is 0 Å². The van der Waals surface area contributed by atoms with Crippen molar-refractivity contribution in [1.82, 2.24) is 0 Å². The fraction of sp³-hybridized carbons (Fsp3) is 0.0714. The van der Waals surface area contributed by atoms with Gasteiger partial charge in [-0.15, -0.1) is 0 Å². The van der Waals surface area contributed by atoms with Gasteiger partial charge in [-0.3, -0.25) is 0 Å². The van der Waals surface area contributed by atoms with Crippen molar-refractivity contribution >= 4 is 39.0 Å². The summed E-state index contributed by atoms with van der Waals surface area (Å²) in [6.07, 6.45) is 0. The van der Waals surface area contributed by atoms with E-state index >= 15 is 0 Å². The quantitative estimate of drug-likeness (QED) is 0.733. The molecule has 0 bridgehead atoms. The Kier molecular flexibility index (Phi) is 4.06. The van der Waals surface area contributed by atoms with E-state index in [9.17, 15) is 4.79 Å².